The van der Waals surface area contributed by atoms with Crippen LogP contribution in [0.25, 0.3) is 0 Å². The third-order valence-corrected chi connectivity index (χ3v) is 6.30. The van der Waals surface area contributed by atoms with Crippen LogP contribution in [0.15, 0.2) is 30.5 Å². The summed E-state index contributed by atoms with van der Waals surface area (Å²) >= 11 is 7.98. The van der Waals surface area contributed by atoms with Crippen LogP contribution in [0.1, 0.15) is 12.8 Å². The number of carbonyl (C=O) groups is 1. The summed E-state index contributed by atoms with van der Waals surface area (Å²) < 4.78 is 17.2. The second-order valence-electron chi connectivity index (χ2n) is 7.43. The van der Waals surface area contributed by atoms with Crippen molar-refractivity contribution in [3.63, 3.8) is 0 Å². The molecule has 9 heteroatoms. The van der Waals surface area contributed by atoms with Gasteiger partial charge in [0.1, 0.15) is 29.2 Å². The number of halogens is 1. The van der Waals surface area contributed by atoms with Gasteiger partial charge in [-0.25, -0.2) is 4.98 Å². The molecular formula is C22H26ClN3O4S. The Labute approximate surface area is 191 Å². The number of fused-ring (bicyclic) bond motifs is 1. The molecule has 2 aromatic rings. The number of thioether (sulfide) groups is 1. The van der Waals surface area contributed by atoms with E-state index >= 15 is 0 Å². The Bertz CT molecular complexity index is 945. The van der Waals surface area contributed by atoms with Crippen molar-refractivity contribution in [2.75, 3.05) is 50.3 Å². The van der Waals surface area contributed by atoms with Crippen LogP contribution in [0.2, 0.25) is 5.02 Å². The SMILES string of the molecule is COc1ncc(N2CCOc3ccc(O[C@H]4CCN(C(=O)CCSC)C4)cc32)cc1Cl. The van der Waals surface area contributed by atoms with E-state index in [0.717, 1.165) is 41.6 Å². The summed E-state index contributed by atoms with van der Waals surface area (Å²) in [7, 11) is 1.54. The molecule has 7 nitrogen and oxygen atoms in total. The molecule has 1 aromatic heterocycles. The molecule has 1 amide bonds. The van der Waals surface area contributed by atoms with Gasteiger partial charge in [-0.2, -0.15) is 11.8 Å². The Balaban J connectivity index is 1.48. The topological polar surface area (TPSA) is 64.1 Å². The Kier molecular flexibility index (Phi) is 6.97. The molecule has 166 valence electrons. The third kappa shape index (κ3) is 4.96. The van der Waals surface area contributed by atoms with Gasteiger partial charge in [-0.05, 0) is 24.5 Å². The molecule has 0 N–H and O–H groups in total. The van der Waals surface area contributed by atoms with Crippen LogP contribution >= 0.6 is 23.4 Å². The first-order chi connectivity index (χ1) is 15.1. The van der Waals surface area contributed by atoms with Crippen molar-refractivity contribution in [3.8, 4) is 17.4 Å². The normalized spacial score (nSPS) is 17.8. The standard InChI is InChI=1S/C22H26ClN3O4S/c1-28-22-18(23)11-15(13-24-22)26-8-9-29-20-4-3-16(12-19(20)26)30-17-5-7-25(14-17)21(27)6-10-31-2/h3-4,11-13,17H,5-10,14H2,1-2H3/t17-/m0/s1. The Hall–Kier alpha value is -2.32. The van der Waals surface area contributed by atoms with Crippen molar-refractivity contribution in [1.82, 2.24) is 9.88 Å². The maximum atomic E-state index is 12.3. The van der Waals surface area contributed by atoms with E-state index in [0.29, 0.717) is 37.0 Å². The lowest BCUT2D eigenvalue weighted by molar-refractivity contribution is -0.129. The zero-order chi connectivity index (χ0) is 21.8. The summed E-state index contributed by atoms with van der Waals surface area (Å²) in [6.45, 7) is 2.60. The number of methoxy groups -OCH3 is 1. The second kappa shape index (κ2) is 9.87. The van der Waals surface area contributed by atoms with Gasteiger partial charge in [0.2, 0.25) is 11.8 Å². The first kappa shape index (κ1) is 21.9. The lowest BCUT2D eigenvalue weighted by atomic mass is 10.2. The lowest BCUT2D eigenvalue weighted by Gasteiger charge is -2.31. The molecule has 0 radical (unpaired) electrons. The van der Waals surface area contributed by atoms with Gasteiger partial charge in [0.25, 0.3) is 0 Å². The van der Waals surface area contributed by atoms with E-state index in [1.165, 1.54) is 0 Å². The Morgan fingerprint density at radius 1 is 1.35 bits per heavy atom. The molecule has 0 spiro atoms. The fraction of sp³-hybridized carbons (Fsp3) is 0.455. The molecule has 4 rings (SSSR count). The number of hydrogen-bond donors (Lipinski definition) is 0. The van der Waals surface area contributed by atoms with Gasteiger partial charge in [-0.3, -0.25) is 4.79 Å². The zero-order valence-electron chi connectivity index (χ0n) is 17.7. The van der Waals surface area contributed by atoms with Crippen LogP contribution in [-0.2, 0) is 4.79 Å². The maximum absolute atomic E-state index is 12.3. The Morgan fingerprint density at radius 3 is 3.00 bits per heavy atom. The van der Waals surface area contributed by atoms with Crippen molar-refractivity contribution in [1.29, 1.82) is 0 Å². The predicted molar refractivity (Wildman–Crippen MR) is 123 cm³/mol. The summed E-state index contributed by atoms with van der Waals surface area (Å²) in [6, 6.07) is 7.65. The molecule has 3 heterocycles. The van der Waals surface area contributed by atoms with Crippen LogP contribution in [0.5, 0.6) is 17.4 Å². The summed E-state index contributed by atoms with van der Waals surface area (Å²) in [5.74, 6) is 2.99. The highest BCUT2D eigenvalue weighted by Crippen LogP contribution is 2.40. The molecule has 0 unspecified atom stereocenters. The van der Waals surface area contributed by atoms with E-state index in [-0.39, 0.29) is 12.0 Å². The quantitative estimate of drug-likeness (QED) is 0.614. The average Bonchev–Trinajstić information content (AvgIpc) is 3.25. The number of nitrogens with zero attached hydrogens (tertiary/aromatic N) is 3. The van der Waals surface area contributed by atoms with Crippen LogP contribution < -0.4 is 19.1 Å². The van der Waals surface area contributed by atoms with Crippen LogP contribution in [0.4, 0.5) is 11.4 Å². The van der Waals surface area contributed by atoms with Crippen molar-refractivity contribution < 1.29 is 19.0 Å². The number of ether oxygens (including phenoxy) is 3. The molecule has 0 saturated carbocycles. The largest absolute Gasteiger partial charge is 0.490 e. The van der Waals surface area contributed by atoms with Crippen LogP contribution in [0, 0.1) is 0 Å². The average molecular weight is 464 g/mol. The minimum atomic E-state index is -0.00802. The van der Waals surface area contributed by atoms with E-state index < -0.39 is 0 Å². The highest BCUT2D eigenvalue weighted by atomic mass is 35.5. The van der Waals surface area contributed by atoms with Gasteiger partial charge in [0, 0.05) is 31.2 Å². The third-order valence-electron chi connectivity index (χ3n) is 5.41. The molecular weight excluding hydrogens is 438 g/mol. The van der Waals surface area contributed by atoms with Crippen molar-refractivity contribution >= 4 is 40.6 Å². The number of carbonyl (C=O) groups excluding carboxylic acids is 1. The van der Waals surface area contributed by atoms with Crippen molar-refractivity contribution in [2.24, 2.45) is 0 Å². The number of benzene rings is 1. The first-order valence-corrected chi connectivity index (χ1v) is 12.0. The highest BCUT2D eigenvalue weighted by molar-refractivity contribution is 7.98. The molecule has 2 aliphatic rings. The maximum Gasteiger partial charge on any atom is 0.232 e. The summed E-state index contributed by atoms with van der Waals surface area (Å²) in [5.41, 5.74) is 1.76. The zero-order valence-corrected chi connectivity index (χ0v) is 19.2. The molecule has 1 atom stereocenters. The predicted octanol–water partition coefficient (Wildman–Crippen LogP) is 4.01. The summed E-state index contributed by atoms with van der Waals surface area (Å²) in [5, 5.41) is 0.456. The lowest BCUT2D eigenvalue weighted by Crippen LogP contribution is -2.31. The number of amides is 1. The second-order valence-corrected chi connectivity index (χ2v) is 8.82. The van der Waals surface area contributed by atoms with E-state index in [9.17, 15) is 4.79 Å². The van der Waals surface area contributed by atoms with Gasteiger partial charge in [0.05, 0.1) is 37.8 Å². The number of pyridine rings is 1. The minimum Gasteiger partial charge on any atom is -0.490 e. The monoisotopic (exact) mass is 463 g/mol. The number of likely N-dealkylation sites (tertiary alicyclic amines) is 1. The van der Waals surface area contributed by atoms with Crippen molar-refractivity contribution in [2.45, 2.75) is 18.9 Å². The van der Waals surface area contributed by atoms with Crippen molar-refractivity contribution in [3.05, 3.63) is 35.5 Å². The molecule has 2 aliphatic heterocycles. The van der Waals surface area contributed by atoms with Gasteiger partial charge in [0.15, 0.2) is 0 Å². The number of anilines is 2. The van der Waals surface area contributed by atoms with E-state index in [1.54, 1.807) is 25.1 Å². The van der Waals surface area contributed by atoms with E-state index in [2.05, 4.69) is 9.88 Å². The number of aromatic nitrogens is 1. The molecule has 1 saturated heterocycles. The Morgan fingerprint density at radius 2 is 2.23 bits per heavy atom. The summed E-state index contributed by atoms with van der Waals surface area (Å²) in [6.07, 6.45) is 5.16. The number of rotatable bonds is 7. The molecule has 1 aromatic carbocycles. The van der Waals surface area contributed by atoms with Crippen LogP contribution in [0.3, 0.4) is 0 Å². The molecule has 1 fully saturated rings. The minimum absolute atomic E-state index is 0.00802. The van der Waals surface area contributed by atoms with Gasteiger partial charge in [-0.15, -0.1) is 0 Å². The van der Waals surface area contributed by atoms with Gasteiger partial charge < -0.3 is 24.0 Å². The fourth-order valence-corrected chi connectivity index (χ4v) is 4.46. The van der Waals surface area contributed by atoms with Gasteiger partial charge in [-0.1, -0.05) is 11.6 Å². The van der Waals surface area contributed by atoms with E-state index in [1.807, 2.05) is 35.4 Å². The van der Waals surface area contributed by atoms with E-state index in [4.69, 9.17) is 25.8 Å². The highest BCUT2D eigenvalue weighted by Gasteiger charge is 2.28. The smallest absolute Gasteiger partial charge is 0.232 e. The first-order valence-electron chi connectivity index (χ1n) is 10.3. The fourth-order valence-electron chi connectivity index (χ4n) is 3.84. The van der Waals surface area contributed by atoms with Gasteiger partial charge >= 0.3 is 0 Å². The molecule has 31 heavy (non-hydrogen) atoms. The molecule has 0 aliphatic carbocycles. The van der Waals surface area contributed by atoms with Crippen LogP contribution in [-0.4, -0.2) is 67.3 Å². The molecule has 0 bridgehead atoms. The summed E-state index contributed by atoms with van der Waals surface area (Å²) in [4.78, 5) is 20.6. The number of hydrogen-bond acceptors (Lipinski definition) is 7.